The number of imide groups is 1. The average Bonchev–Trinajstić information content (AvgIpc) is 3.16. The molecule has 0 saturated carbocycles. The van der Waals surface area contributed by atoms with Gasteiger partial charge in [0.15, 0.2) is 0 Å². The van der Waals surface area contributed by atoms with Crippen molar-refractivity contribution in [1.82, 2.24) is 9.80 Å². The van der Waals surface area contributed by atoms with Crippen LogP contribution in [0.4, 0.5) is 5.69 Å². The van der Waals surface area contributed by atoms with E-state index in [4.69, 9.17) is 4.74 Å². The van der Waals surface area contributed by atoms with Gasteiger partial charge in [-0.25, -0.2) is 0 Å². The molecule has 3 amide bonds. The molecule has 0 aliphatic carbocycles. The second-order valence-electron chi connectivity index (χ2n) is 10.4. The monoisotopic (exact) mass is 489 g/mol. The van der Waals surface area contributed by atoms with Crippen LogP contribution in [0.5, 0.6) is 5.75 Å². The number of ether oxygens (including phenoxy) is 1. The topological polar surface area (TPSA) is 70.2 Å². The number of rotatable bonds is 6. The third-order valence-corrected chi connectivity index (χ3v) is 7.82. The Bertz CT molecular complexity index is 1160. The third-order valence-electron chi connectivity index (χ3n) is 7.82. The van der Waals surface area contributed by atoms with Gasteiger partial charge < -0.3 is 14.5 Å². The molecule has 0 unspecified atom stereocenters. The van der Waals surface area contributed by atoms with Crippen LogP contribution in [0.2, 0.25) is 0 Å². The maximum Gasteiger partial charge on any atom is 0.263 e. The number of carbonyl (C=O) groups excluding carboxylic acids is 3. The quantitative estimate of drug-likeness (QED) is 0.574. The smallest absolute Gasteiger partial charge is 0.263 e. The Morgan fingerprint density at radius 2 is 1.81 bits per heavy atom. The van der Waals surface area contributed by atoms with Crippen LogP contribution in [0.1, 0.15) is 58.9 Å². The van der Waals surface area contributed by atoms with Crippen LogP contribution < -0.4 is 9.64 Å². The van der Waals surface area contributed by atoms with Crippen LogP contribution in [0.3, 0.4) is 0 Å². The lowest BCUT2D eigenvalue weighted by Crippen LogP contribution is -2.48. The summed E-state index contributed by atoms with van der Waals surface area (Å²) in [7, 11) is 1.62. The van der Waals surface area contributed by atoms with Crippen LogP contribution >= 0.6 is 0 Å². The molecule has 0 bridgehead atoms. The highest BCUT2D eigenvalue weighted by Gasteiger charge is 2.39. The molecule has 0 N–H and O–H groups in total. The lowest BCUT2D eigenvalue weighted by atomic mass is 9.93. The molecule has 7 nitrogen and oxygen atoms in total. The maximum atomic E-state index is 13.5. The zero-order valence-corrected chi connectivity index (χ0v) is 21.2. The second kappa shape index (κ2) is 10.3. The molecule has 2 aromatic carbocycles. The van der Waals surface area contributed by atoms with Gasteiger partial charge >= 0.3 is 0 Å². The fourth-order valence-electron chi connectivity index (χ4n) is 5.90. The molecule has 3 aliphatic heterocycles. The largest absolute Gasteiger partial charge is 0.497 e. The number of benzene rings is 2. The second-order valence-corrected chi connectivity index (χ2v) is 10.4. The maximum absolute atomic E-state index is 13.5. The van der Waals surface area contributed by atoms with E-state index in [1.165, 1.54) is 11.3 Å². The van der Waals surface area contributed by atoms with E-state index in [0.717, 1.165) is 55.9 Å². The fourth-order valence-corrected chi connectivity index (χ4v) is 5.90. The van der Waals surface area contributed by atoms with Gasteiger partial charge in [-0.1, -0.05) is 25.1 Å². The molecule has 0 aromatic heterocycles. The first-order valence-corrected chi connectivity index (χ1v) is 13.1. The minimum absolute atomic E-state index is 0.0729. The standard InChI is InChI=1S/C29H35N3O4/c1-20-7-5-15-31(18-20)27(33)22-9-6-14-30(19-22)25-12-4-11-24-26(25)29(35)32(28(24)34)16-13-21-8-3-10-23(17-21)36-2/h3-4,8,10-12,17,20,22H,5-7,9,13-16,18-19H2,1-2H3/t20-,22-/m0/s1. The van der Waals surface area contributed by atoms with E-state index in [9.17, 15) is 14.4 Å². The summed E-state index contributed by atoms with van der Waals surface area (Å²) in [5.74, 6) is 0.979. The molecule has 7 heteroatoms. The Morgan fingerprint density at radius 1 is 1.00 bits per heavy atom. The van der Waals surface area contributed by atoms with Crippen molar-refractivity contribution in [1.29, 1.82) is 0 Å². The summed E-state index contributed by atoms with van der Waals surface area (Å²) in [5, 5.41) is 0. The highest BCUT2D eigenvalue weighted by atomic mass is 16.5. The Hall–Kier alpha value is -3.35. The molecule has 2 saturated heterocycles. The molecular formula is C29H35N3O4. The zero-order chi connectivity index (χ0) is 25.2. The van der Waals surface area contributed by atoms with Crippen molar-refractivity contribution in [3.05, 3.63) is 59.2 Å². The highest BCUT2D eigenvalue weighted by molar-refractivity contribution is 6.23. The molecule has 0 radical (unpaired) electrons. The Balaban J connectivity index is 1.31. The number of anilines is 1. The molecule has 2 atom stereocenters. The van der Waals surface area contributed by atoms with Gasteiger partial charge in [-0.2, -0.15) is 0 Å². The van der Waals surface area contributed by atoms with Gasteiger partial charge in [-0.15, -0.1) is 0 Å². The van der Waals surface area contributed by atoms with Gasteiger partial charge in [0, 0.05) is 32.7 Å². The lowest BCUT2D eigenvalue weighted by Gasteiger charge is -2.38. The van der Waals surface area contributed by atoms with E-state index in [1.54, 1.807) is 13.2 Å². The molecule has 36 heavy (non-hydrogen) atoms. The first-order chi connectivity index (χ1) is 17.5. The first kappa shape index (κ1) is 24.3. The summed E-state index contributed by atoms with van der Waals surface area (Å²) >= 11 is 0. The SMILES string of the molecule is COc1cccc(CCN2C(=O)c3cccc(N4CCC[C@H](C(=O)N5CCC[C@H](C)C5)C4)c3C2=O)c1. The summed E-state index contributed by atoms with van der Waals surface area (Å²) in [6.45, 7) is 5.57. The van der Waals surface area contributed by atoms with Crippen LogP contribution in [-0.2, 0) is 11.2 Å². The first-order valence-electron chi connectivity index (χ1n) is 13.1. The molecule has 5 rings (SSSR count). The average molecular weight is 490 g/mol. The minimum Gasteiger partial charge on any atom is -0.497 e. The normalized spacial score (nSPS) is 22.1. The Kier molecular flexibility index (Phi) is 6.99. The Labute approximate surface area is 213 Å². The summed E-state index contributed by atoms with van der Waals surface area (Å²) in [6.07, 6.45) is 4.57. The lowest BCUT2D eigenvalue weighted by molar-refractivity contribution is -0.137. The number of amides is 3. The molecule has 0 spiro atoms. The van der Waals surface area contributed by atoms with E-state index in [-0.39, 0.29) is 23.6 Å². The molecule has 190 valence electrons. The number of piperidine rings is 2. The van der Waals surface area contributed by atoms with Gasteiger partial charge in [0.1, 0.15) is 5.75 Å². The van der Waals surface area contributed by atoms with Crippen LogP contribution in [0.15, 0.2) is 42.5 Å². The summed E-state index contributed by atoms with van der Waals surface area (Å²) < 4.78 is 5.29. The number of methoxy groups -OCH3 is 1. The van der Waals surface area contributed by atoms with E-state index in [1.807, 2.05) is 41.3 Å². The van der Waals surface area contributed by atoms with Crippen LogP contribution in [-0.4, -0.2) is 67.4 Å². The zero-order valence-electron chi connectivity index (χ0n) is 21.2. The fraction of sp³-hybridized carbons (Fsp3) is 0.483. The van der Waals surface area contributed by atoms with Crippen molar-refractivity contribution < 1.29 is 19.1 Å². The number of carbonyl (C=O) groups is 3. The summed E-state index contributed by atoms with van der Waals surface area (Å²) in [5.41, 5.74) is 2.73. The van der Waals surface area contributed by atoms with E-state index >= 15 is 0 Å². The Morgan fingerprint density at radius 3 is 2.61 bits per heavy atom. The number of likely N-dealkylation sites (tertiary alicyclic amines) is 1. The van der Waals surface area contributed by atoms with Crippen molar-refractivity contribution in [2.75, 3.05) is 44.7 Å². The number of nitrogens with zero attached hydrogens (tertiary/aromatic N) is 3. The van der Waals surface area contributed by atoms with Gasteiger partial charge in [-0.05, 0) is 67.9 Å². The van der Waals surface area contributed by atoms with Gasteiger partial charge in [0.25, 0.3) is 11.8 Å². The van der Waals surface area contributed by atoms with Crippen molar-refractivity contribution in [3.8, 4) is 5.75 Å². The highest BCUT2D eigenvalue weighted by Crippen LogP contribution is 2.35. The molecular weight excluding hydrogens is 454 g/mol. The van der Waals surface area contributed by atoms with E-state index < -0.39 is 0 Å². The van der Waals surface area contributed by atoms with Crippen LogP contribution in [0.25, 0.3) is 0 Å². The summed E-state index contributed by atoms with van der Waals surface area (Å²) in [4.78, 5) is 45.5. The van der Waals surface area contributed by atoms with E-state index in [2.05, 4.69) is 11.8 Å². The number of hydrogen-bond donors (Lipinski definition) is 0. The summed E-state index contributed by atoms with van der Waals surface area (Å²) in [6, 6.07) is 13.2. The number of hydrogen-bond acceptors (Lipinski definition) is 5. The molecule has 3 heterocycles. The van der Waals surface area contributed by atoms with Crippen LogP contribution in [0, 0.1) is 11.8 Å². The number of fused-ring (bicyclic) bond motifs is 1. The van der Waals surface area contributed by atoms with Crippen molar-refractivity contribution in [3.63, 3.8) is 0 Å². The van der Waals surface area contributed by atoms with Gasteiger partial charge in [-0.3, -0.25) is 19.3 Å². The molecule has 2 aromatic rings. The van der Waals surface area contributed by atoms with Crippen molar-refractivity contribution in [2.45, 2.75) is 39.0 Å². The van der Waals surface area contributed by atoms with E-state index in [0.29, 0.717) is 36.6 Å². The molecule has 2 fully saturated rings. The van der Waals surface area contributed by atoms with Crippen molar-refractivity contribution in [2.24, 2.45) is 11.8 Å². The van der Waals surface area contributed by atoms with Gasteiger partial charge in [0.05, 0.1) is 29.8 Å². The third kappa shape index (κ3) is 4.71. The van der Waals surface area contributed by atoms with Gasteiger partial charge in [0.2, 0.25) is 5.91 Å². The predicted molar refractivity (Wildman–Crippen MR) is 138 cm³/mol. The minimum atomic E-state index is -0.244. The molecule has 3 aliphatic rings. The van der Waals surface area contributed by atoms with Crippen molar-refractivity contribution >= 4 is 23.4 Å². The predicted octanol–water partition coefficient (Wildman–Crippen LogP) is 4.01.